The first-order valence-corrected chi connectivity index (χ1v) is 17.1. The number of halogens is 4. The lowest BCUT2D eigenvalue weighted by Crippen LogP contribution is -2.31. The van der Waals surface area contributed by atoms with E-state index in [9.17, 15) is 23.2 Å². The van der Waals surface area contributed by atoms with Crippen molar-refractivity contribution in [2.75, 3.05) is 29.6 Å². The molecule has 1 aliphatic rings. The fourth-order valence-electron chi connectivity index (χ4n) is 4.64. The molecule has 4 rings (SSSR count). The van der Waals surface area contributed by atoms with Gasteiger partial charge >= 0.3 is 6.03 Å². The lowest BCUT2D eigenvalue weighted by Gasteiger charge is -2.21. The number of benzene rings is 3. The van der Waals surface area contributed by atoms with Crippen LogP contribution in [-0.2, 0) is 16.1 Å². The Morgan fingerprint density at radius 1 is 1.12 bits per heavy atom. The number of rotatable bonds is 11. The number of allylic oxidation sites excluding steroid dienone is 2. The minimum Gasteiger partial charge on any atom is -0.370 e. The van der Waals surface area contributed by atoms with Gasteiger partial charge in [0.05, 0.1) is 29.4 Å². The highest BCUT2D eigenvalue weighted by Crippen LogP contribution is 2.32. The van der Waals surface area contributed by atoms with Crippen LogP contribution in [0.1, 0.15) is 61.2 Å². The van der Waals surface area contributed by atoms with Gasteiger partial charge in [0, 0.05) is 41.4 Å². The quantitative estimate of drug-likeness (QED) is 0.191. The summed E-state index contributed by atoms with van der Waals surface area (Å²) in [5.74, 6) is -4.57. The van der Waals surface area contributed by atoms with Crippen LogP contribution in [0.2, 0.25) is 5.02 Å². The minimum atomic E-state index is -3.03. The van der Waals surface area contributed by atoms with Crippen LogP contribution in [0.5, 0.6) is 0 Å². The van der Waals surface area contributed by atoms with Gasteiger partial charge in [0.2, 0.25) is 5.91 Å². The van der Waals surface area contributed by atoms with Crippen LogP contribution in [0.25, 0.3) is 0 Å². The van der Waals surface area contributed by atoms with Crippen molar-refractivity contribution in [3.05, 3.63) is 106 Å². The predicted octanol–water partition coefficient (Wildman–Crippen LogP) is 9.09. The van der Waals surface area contributed by atoms with Gasteiger partial charge in [-0.2, -0.15) is 4.99 Å². The molecule has 0 saturated carbocycles. The molecule has 0 bridgehead atoms. The van der Waals surface area contributed by atoms with Crippen molar-refractivity contribution >= 4 is 63.5 Å². The number of aryl methyl sites for hydroxylation is 1. The number of nitrogens with one attached hydrogen (secondary N) is 2. The summed E-state index contributed by atoms with van der Waals surface area (Å²) in [5, 5.41) is 11.4. The second-order valence-electron chi connectivity index (χ2n) is 11.0. The second-order valence-corrected chi connectivity index (χ2v) is 12.4. The van der Waals surface area contributed by atoms with Gasteiger partial charge in [-0.15, -0.1) is 0 Å². The number of thioether (sulfide) groups is 1. The van der Waals surface area contributed by atoms with Crippen molar-refractivity contribution in [3.8, 4) is 0 Å². The zero-order valence-corrected chi connectivity index (χ0v) is 30.1. The Balaban J connectivity index is 0.00000332. The Hall–Kier alpha value is -4.46. The highest BCUT2D eigenvalue weighted by Gasteiger charge is 2.32. The van der Waals surface area contributed by atoms with E-state index < -0.39 is 24.4 Å². The Bertz CT molecular complexity index is 1800. The number of hydrogen-bond donors (Lipinski definition) is 2. The topological polar surface area (TPSA) is 115 Å². The lowest BCUT2D eigenvalue weighted by molar-refractivity contribution is -0.115. The minimum absolute atomic E-state index is 0.0215. The maximum Gasteiger partial charge on any atom is 0.347 e. The maximum absolute atomic E-state index is 15.2. The van der Waals surface area contributed by atoms with Crippen LogP contribution in [0.3, 0.4) is 0 Å². The number of nitrogens with zero attached hydrogens (tertiary/aromatic N) is 3. The third kappa shape index (κ3) is 10.8. The summed E-state index contributed by atoms with van der Waals surface area (Å²) in [7, 11) is 1.58. The molecule has 1 aliphatic heterocycles. The molecule has 0 aromatic heterocycles. The molecule has 0 radical (unpaired) electrons. The van der Waals surface area contributed by atoms with Crippen LogP contribution >= 0.6 is 23.4 Å². The van der Waals surface area contributed by atoms with Gasteiger partial charge in [-0.1, -0.05) is 62.3 Å². The number of amidine groups is 1. The fraction of sp³-hybridized carbons (Fsp3) is 0.306. The lowest BCUT2D eigenvalue weighted by atomic mass is 10.1. The van der Waals surface area contributed by atoms with Crippen molar-refractivity contribution in [1.29, 1.82) is 5.41 Å². The van der Waals surface area contributed by atoms with E-state index in [1.165, 1.54) is 28.0 Å². The summed E-state index contributed by atoms with van der Waals surface area (Å²) in [6, 6.07) is 14.3. The number of ether oxygens (including phenoxy) is 1. The molecule has 0 aliphatic carbocycles. The first-order valence-electron chi connectivity index (χ1n) is 15.7. The monoisotopic (exact) mass is 729 g/mol. The normalized spacial score (nSPS) is 14.0. The van der Waals surface area contributed by atoms with E-state index in [1.54, 1.807) is 56.4 Å². The summed E-state index contributed by atoms with van der Waals surface area (Å²) >= 11 is 6.92. The highest BCUT2D eigenvalue weighted by atomic mass is 35.5. The predicted molar refractivity (Wildman–Crippen MR) is 194 cm³/mol. The summed E-state index contributed by atoms with van der Waals surface area (Å²) < 4.78 is 46.9. The Kier molecular flexibility index (Phi) is 14.4. The Morgan fingerprint density at radius 2 is 1.78 bits per heavy atom. The SMILES string of the molecule is CC.CC/C(=C\C(=N)c1ccc(NC(=O)/N=C2\SCC(=O)N2c2cc(C)ccc2COCC(C)(F)F)c(F)c1)N(C)C(=O)c1ccc(Cl)cc1. The third-order valence-electron chi connectivity index (χ3n) is 7.08. The van der Waals surface area contributed by atoms with E-state index in [4.69, 9.17) is 21.7 Å². The molecular formula is C36H39ClF3N5O4S. The van der Waals surface area contributed by atoms with Crippen LogP contribution in [0.15, 0.2) is 77.4 Å². The molecule has 1 saturated heterocycles. The zero-order valence-electron chi connectivity index (χ0n) is 28.6. The van der Waals surface area contributed by atoms with E-state index in [1.807, 2.05) is 20.8 Å². The van der Waals surface area contributed by atoms with Gasteiger partial charge in [-0.3, -0.25) is 14.5 Å². The van der Waals surface area contributed by atoms with Crippen molar-refractivity contribution in [2.45, 2.75) is 53.6 Å². The molecule has 14 heteroatoms. The zero-order chi connectivity index (χ0) is 37.2. The molecule has 0 spiro atoms. The highest BCUT2D eigenvalue weighted by molar-refractivity contribution is 8.15. The maximum atomic E-state index is 15.2. The third-order valence-corrected chi connectivity index (χ3v) is 8.25. The standard InChI is InChI=1S/C34H33ClF3N5O4S.C2H6/c1-5-25(42(4)31(45)21-8-11-24(35)12-9-21)16-27(39)22-10-13-28(26(36)15-22)40-32(46)41-33-43(30(44)18-48-33)29-14-20(2)6-7-23(29)17-47-19-34(3,37)38;1-2/h6-16,39H,5,17-19H2,1-4H3,(H,40,46);1-2H3/b25-16+,39-27?,41-33-;. The molecule has 2 N–H and O–H groups in total. The number of carbonyl (C=O) groups is 3. The number of alkyl halides is 2. The van der Waals surface area contributed by atoms with Gasteiger partial charge in [0.25, 0.3) is 11.8 Å². The largest absolute Gasteiger partial charge is 0.370 e. The van der Waals surface area contributed by atoms with Crippen LogP contribution in [0.4, 0.5) is 29.3 Å². The molecule has 266 valence electrons. The summed E-state index contributed by atoms with van der Waals surface area (Å²) in [5.41, 5.74) is 2.43. The van der Waals surface area contributed by atoms with Gasteiger partial charge in [0.15, 0.2) is 5.17 Å². The van der Waals surface area contributed by atoms with Crippen LogP contribution in [-0.4, -0.2) is 59.0 Å². The molecule has 50 heavy (non-hydrogen) atoms. The smallest absolute Gasteiger partial charge is 0.347 e. The van der Waals surface area contributed by atoms with E-state index in [-0.39, 0.29) is 46.3 Å². The molecule has 1 fully saturated rings. The molecule has 3 aromatic carbocycles. The van der Waals surface area contributed by atoms with Gasteiger partial charge in [-0.05, 0) is 67.4 Å². The number of hydrogen-bond acceptors (Lipinski definition) is 6. The average molecular weight is 730 g/mol. The average Bonchev–Trinajstić information content (AvgIpc) is 3.43. The van der Waals surface area contributed by atoms with Crippen molar-refractivity contribution < 1.29 is 32.3 Å². The molecule has 4 amide bonds. The molecule has 3 aromatic rings. The number of anilines is 2. The van der Waals surface area contributed by atoms with E-state index in [0.717, 1.165) is 30.3 Å². The summed E-state index contributed by atoms with van der Waals surface area (Å²) in [6.45, 7) is 7.33. The number of aliphatic imine (C=N–C) groups is 1. The Morgan fingerprint density at radius 3 is 2.40 bits per heavy atom. The van der Waals surface area contributed by atoms with Gasteiger partial charge < -0.3 is 20.4 Å². The van der Waals surface area contributed by atoms with Crippen LogP contribution in [0, 0.1) is 18.2 Å². The van der Waals surface area contributed by atoms with Gasteiger partial charge in [-0.25, -0.2) is 18.0 Å². The molecule has 9 nitrogen and oxygen atoms in total. The molecule has 0 atom stereocenters. The second kappa shape index (κ2) is 18.0. The summed E-state index contributed by atoms with van der Waals surface area (Å²) in [4.78, 5) is 45.3. The first-order chi connectivity index (χ1) is 23.7. The molecule has 1 heterocycles. The Labute approximate surface area is 299 Å². The number of urea groups is 1. The fourth-order valence-corrected chi connectivity index (χ4v) is 5.63. The van der Waals surface area contributed by atoms with Crippen LogP contribution < -0.4 is 10.2 Å². The number of amides is 4. The van der Waals surface area contributed by atoms with E-state index in [2.05, 4.69) is 10.3 Å². The summed E-state index contributed by atoms with van der Waals surface area (Å²) in [6.07, 6.45) is 1.88. The van der Waals surface area contributed by atoms with E-state index >= 15 is 4.39 Å². The van der Waals surface area contributed by atoms with Crippen molar-refractivity contribution in [2.24, 2.45) is 4.99 Å². The number of carbonyl (C=O) groups excluding carboxylic acids is 3. The van der Waals surface area contributed by atoms with Crippen molar-refractivity contribution in [3.63, 3.8) is 0 Å². The molecular weight excluding hydrogens is 691 g/mol. The van der Waals surface area contributed by atoms with Gasteiger partial charge in [0.1, 0.15) is 12.4 Å². The van der Waals surface area contributed by atoms with Crippen molar-refractivity contribution in [1.82, 2.24) is 4.90 Å². The first kappa shape index (κ1) is 40.0. The molecule has 0 unspecified atom stereocenters. The van der Waals surface area contributed by atoms with E-state index in [0.29, 0.717) is 34.0 Å².